The zero-order valence-electron chi connectivity index (χ0n) is 8.60. The van der Waals surface area contributed by atoms with E-state index < -0.39 is 11.9 Å². The molecule has 0 saturated heterocycles. The molecular formula is C11H11NO4. The standard InChI is InChI=1S/C11H11NO4/c1-7-6-8(2-3-9(7)13)12-10(14)4-5-11(15)16/h2-6,13H,1H3,(H,12,14)(H,15,16)/b5-4+. The van der Waals surface area contributed by atoms with E-state index in [1.54, 1.807) is 13.0 Å². The van der Waals surface area contributed by atoms with Crippen molar-refractivity contribution < 1.29 is 19.8 Å². The zero-order chi connectivity index (χ0) is 12.1. The Morgan fingerprint density at radius 1 is 1.31 bits per heavy atom. The fourth-order valence-corrected chi connectivity index (χ4v) is 1.06. The first-order chi connectivity index (χ1) is 7.49. The van der Waals surface area contributed by atoms with E-state index >= 15 is 0 Å². The Morgan fingerprint density at radius 3 is 2.56 bits per heavy atom. The largest absolute Gasteiger partial charge is 0.508 e. The molecule has 0 atom stereocenters. The molecule has 0 aliphatic heterocycles. The number of carboxylic acids is 1. The third-order valence-electron chi connectivity index (χ3n) is 1.84. The van der Waals surface area contributed by atoms with Gasteiger partial charge in [-0.05, 0) is 30.7 Å². The number of benzene rings is 1. The minimum Gasteiger partial charge on any atom is -0.508 e. The summed E-state index contributed by atoms with van der Waals surface area (Å²) in [7, 11) is 0. The Balaban J connectivity index is 2.70. The van der Waals surface area contributed by atoms with Gasteiger partial charge in [-0.2, -0.15) is 0 Å². The van der Waals surface area contributed by atoms with E-state index in [0.717, 1.165) is 12.2 Å². The summed E-state index contributed by atoms with van der Waals surface area (Å²) in [6.07, 6.45) is 1.67. The number of phenols is 1. The van der Waals surface area contributed by atoms with Crippen molar-refractivity contribution in [2.75, 3.05) is 5.32 Å². The molecule has 0 fully saturated rings. The summed E-state index contributed by atoms with van der Waals surface area (Å²) in [6.45, 7) is 1.69. The van der Waals surface area contributed by atoms with Crippen LogP contribution in [0, 0.1) is 6.92 Å². The van der Waals surface area contributed by atoms with Gasteiger partial charge in [0.15, 0.2) is 0 Å². The monoisotopic (exact) mass is 221 g/mol. The van der Waals surface area contributed by atoms with Gasteiger partial charge in [-0.3, -0.25) is 4.79 Å². The third-order valence-corrected chi connectivity index (χ3v) is 1.84. The molecule has 1 aromatic carbocycles. The van der Waals surface area contributed by atoms with Crippen LogP contribution in [0.25, 0.3) is 0 Å². The average Bonchev–Trinajstić information content (AvgIpc) is 2.21. The maximum atomic E-state index is 11.2. The summed E-state index contributed by atoms with van der Waals surface area (Å²) in [5.74, 6) is -1.58. The zero-order valence-corrected chi connectivity index (χ0v) is 8.60. The molecule has 0 aliphatic rings. The van der Waals surface area contributed by atoms with Crippen LogP contribution in [0.15, 0.2) is 30.4 Å². The van der Waals surface area contributed by atoms with E-state index in [1.807, 2.05) is 0 Å². The lowest BCUT2D eigenvalue weighted by molar-refractivity contribution is -0.131. The maximum Gasteiger partial charge on any atom is 0.328 e. The lowest BCUT2D eigenvalue weighted by Gasteiger charge is -2.04. The Labute approximate surface area is 92.0 Å². The number of carboxylic acid groups (broad SMARTS) is 1. The number of hydrogen-bond acceptors (Lipinski definition) is 3. The SMILES string of the molecule is Cc1cc(NC(=O)/C=C/C(=O)O)ccc1O. The molecule has 0 bridgehead atoms. The van der Waals surface area contributed by atoms with Gasteiger partial charge in [-0.1, -0.05) is 0 Å². The summed E-state index contributed by atoms with van der Waals surface area (Å²) >= 11 is 0. The fourth-order valence-electron chi connectivity index (χ4n) is 1.06. The van der Waals surface area contributed by atoms with Crippen LogP contribution in [0.4, 0.5) is 5.69 Å². The maximum absolute atomic E-state index is 11.2. The van der Waals surface area contributed by atoms with E-state index in [9.17, 15) is 14.7 Å². The second-order valence-corrected chi connectivity index (χ2v) is 3.16. The molecule has 0 unspecified atom stereocenters. The smallest absolute Gasteiger partial charge is 0.328 e. The molecule has 5 nitrogen and oxygen atoms in total. The van der Waals surface area contributed by atoms with Crippen molar-refractivity contribution in [3.05, 3.63) is 35.9 Å². The number of aliphatic carboxylic acids is 1. The topological polar surface area (TPSA) is 86.6 Å². The van der Waals surface area contributed by atoms with E-state index in [1.165, 1.54) is 12.1 Å². The normalized spacial score (nSPS) is 10.3. The molecule has 0 heterocycles. The summed E-state index contributed by atoms with van der Waals surface area (Å²) in [4.78, 5) is 21.3. The number of carbonyl (C=O) groups is 2. The number of phenolic OH excluding ortho intramolecular Hbond substituents is 1. The Hall–Kier alpha value is -2.30. The second-order valence-electron chi connectivity index (χ2n) is 3.16. The number of carbonyl (C=O) groups excluding carboxylic acids is 1. The molecule has 0 radical (unpaired) electrons. The van der Waals surface area contributed by atoms with Gasteiger partial charge in [0.25, 0.3) is 0 Å². The lowest BCUT2D eigenvalue weighted by Crippen LogP contribution is -2.08. The average molecular weight is 221 g/mol. The fraction of sp³-hybridized carbons (Fsp3) is 0.0909. The number of nitrogens with one attached hydrogen (secondary N) is 1. The van der Waals surface area contributed by atoms with Crippen LogP contribution < -0.4 is 5.32 Å². The first-order valence-electron chi connectivity index (χ1n) is 4.50. The quantitative estimate of drug-likeness (QED) is 0.530. The second kappa shape index (κ2) is 4.97. The van der Waals surface area contributed by atoms with Gasteiger partial charge in [0.2, 0.25) is 5.91 Å². The number of aryl methyl sites for hydroxylation is 1. The van der Waals surface area contributed by atoms with Gasteiger partial charge in [0, 0.05) is 17.8 Å². The van der Waals surface area contributed by atoms with Crippen LogP contribution in [0.1, 0.15) is 5.56 Å². The highest BCUT2D eigenvalue weighted by atomic mass is 16.4. The minimum absolute atomic E-state index is 0.138. The summed E-state index contributed by atoms with van der Waals surface area (Å²) in [5, 5.41) is 20.0. The van der Waals surface area contributed by atoms with Gasteiger partial charge in [0.05, 0.1) is 0 Å². The number of anilines is 1. The lowest BCUT2D eigenvalue weighted by atomic mass is 10.2. The van der Waals surface area contributed by atoms with Gasteiger partial charge < -0.3 is 15.5 Å². The number of rotatable bonds is 3. The molecular weight excluding hydrogens is 210 g/mol. The molecule has 0 spiro atoms. The highest BCUT2D eigenvalue weighted by Gasteiger charge is 2.01. The first-order valence-corrected chi connectivity index (χ1v) is 4.50. The van der Waals surface area contributed by atoms with Crippen LogP contribution in [-0.4, -0.2) is 22.1 Å². The molecule has 5 heteroatoms. The first kappa shape index (κ1) is 11.8. The summed E-state index contributed by atoms with van der Waals surface area (Å²) in [6, 6.07) is 4.56. The third kappa shape index (κ3) is 3.45. The van der Waals surface area contributed by atoms with Crippen molar-refractivity contribution in [3.63, 3.8) is 0 Å². The van der Waals surface area contributed by atoms with E-state index in [-0.39, 0.29) is 5.75 Å². The molecule has 1 rings (SSSR count). The van der Waals surface area contributed by atoms with E-state index in [2.05, 4.69) is 5.32 Å². The van der Waals surface area contributed by atoms with Crippen LogP contribution >= 0.6 is 0 Å². The number of hydrogen-bond donors (Lipinski definition) is 3. The number of amides is 1. The van der Waals surface area contributed by atoms with Crippen molar-refractivity contribution in [2.24, 2.45) is 0 Å². The Bertz CT molecular complexity index is 451. The van der Waals surface area contributed by atoms with Crippen LogP contribution in [0.3, 0.4) is 0 Å². The minimum atomic E-state index is -1.18. The van der Waals surface area contributed by atoms with Gasteiger partial charge in [-0.25, -0.2) is 4.79 Å². The predicted octanol–water partition coefficient (Wildman–Crippen LogP) is 1.28. The van der Waals surface area contributed by atoms with Gasteiger partial charge >= 0.3 is 5.97 Å². The Kier molecular flexibility index (Phi) is 3.66. The molecule has 84 valence electrons. The van der Waals surface area contributed by atoms with Crippen molar-refractivity contribution in [1.82, 2.24) is 0 Å². The highest BCUT2D eigenvalue weighted by molar-refractivity contribution is 6.02. The van der Waals surface area contributed by atoms with E-state index in [0.29, 0.717) is 11.3 Å². The van der Waals surface area contributed by atoms with Gasteiger partial charge in [0.1, 0.15) is 5.75 Å². The highest BCUT2D eigenvalue weighted by Crippen LogP contribution is 2.19. The van der Waals surface area contributed by atoms with Crippen molar-refractivity contribution in [2.45, 2.75) is 6.92 Å². The molecule has 16 heavy (non-hydrogen) atoms. The summed E-state index contributed by atoms with van der Waals surface area (Å²) < 4.78 is 0. The molecule has 0 aliphatic carbocycles. The predicted molar refractivity (Wildman–Crippen MR) is 58.2 cm³/mol. The Morgan fingerprint density at radius 2 is 2.00 bits per heavy atom. The van der Waals surface area contributed by atoms with Crippen molar-refractivity contribution >= 4 is 17.6 Å². The van der Waals surface area contributed by atoms with Crippen LogP contribution in [-0.2, 0) is 9.59 Å². The molecule has 1 amide bonds. The van der Waals surface area contributed by atoms with Crippen molar-refractivity contribution in [1.29, 1.82) is 0 Å². The summed E-state index contributed by atoms with van der Waals surface area (Å²) in [5.41, 5.74) is 1.12. The van der Waals surface area contributed by atoms with Crippen LogP contribution in [0.2, 0.25) is 0 Å². The van der Waals surface area contributed by atoms with Crippen molar-refractivity contribution in [3.8, 4) is 5.75 Å². The number of aromatic hydroxyl groups is 1. The molecule has 3 N–H and O–H groups in total. The van der Waals surface area contributed by atoms with Crippen LogP contribution in [0.5, 0.6) is 5.75 Å². The molecule has 1 aromatic rings. The van der Waals surface area contributed by atoms with Gasteiger partial charge in [-0.15, -0.1) is 0 Å². The molecule has 0 aromatic heterocycles. The molecule has 0 saturated carbocycles. The van der Waals surface area contributed by atoms with E-state index in [4.69, 9.17) is 5.11 Å².